The first-order chi connectivity index (χ1) is 12.1. The maximum absolute atomic E-state index is 16.8. The third-order valence-electron chi connectivity index (χ3n) is 8.26. The van der Waals surface area contributed by atoms with Gasteiger partial charge in [0.05, 0.1) is 6.10 Å². The van der Waals surface area contributed by atoms with E-state index in [1.54, 1.807) is 12.2 Å². The Bertz CT molecular complexity index is 746. The van der Waals surface area contributed by atoms with Crippen molar-refractivity contribution in [3.8, 4) is 0 Å². The van der Waals surface area contributed by atoms with Crippen molar-refractivity contribution in [2.75, 3.05) is 0 Å². The van der Waals surface area contributed by atoms with Gasteiger partial charge < -0.3 is 5.11 Å². The molecule has 3 saturated carbocycles. The van der Waals surface area contributed by atoms with Crippen molar-refractivity contribution < 1.29 is 19.1 Å². The van der Waals surface area contributed by atoms with E-state index in [-0.39, 0.29) is 41.0 Å². The second kappa shape index (κ2) is 5.54. The highest BCUT2D eigenvalue weighted by molar-refractivity contribution is 7.96. The Morgan fingerprint density at radius 2 is 2.00 bits per heavy atom. The lowest BCUT2D eigenvalue weighted by atomic mass is 9.44. The third-order valence-corrected chi connectivity index (χ3v) is 8.58. The van der Waals surface area contributed by atoms with Crippen LogP contribution in [0.5, 0.6) is 0 Å². The van der Waals surface area contributed by atoms with Gasteiger partial charge in [-0.25, -0.2) is 4.39 Å². The summed E-state index contributed by atoms with van der Waals surface area (Å²) in [4.78, 5) is 24.0. The SMILES string of the molecule is C[C@H]1CC2C3CCC(C(=O)S)C3(C)CC(O)[C@]2(F)[C@@]2(C)C=CC(=O)C=C12. The molecule has 0 aromatic heterocycles. The fraction of sp³-hybridized carbons (Fsp3) is 0.714. The molecule has 4 rings (SSSR count). The number of aliphatic hydroxyl groups excluding tert-OH is 1. The summed E-state index contributed by atoms with van der Waals surface area (Å²) in [6.45, 7) is 5.90. The van der Waals surface area contributed by atoms with Crippen LogP contribution in [0, 0.1) is 34.5 Å². The van der Waals surface area contributed by atoms with E-state index in [4.69, 9.17) is 0 Å². The molecule has 4 aliphatic carbocycles. The monoisotopic (exact) mass is 378 g/mol. The fourth-order valence-corrected chi connectivity index (χ4v) is 7.43. The van der Waals surface area contributed by atoms with Gasteiger partial charge in [0.15, 0.2) is 16.6 Å². The molecule has 5 unspecified atom stereocenters. The maximum Gasteiger partial charge on any atom is 0.189 e. The Labute approximate surface area is 159 Å². The molecule has 0 radical (unpaired) electrons. The Balaban J connectivity index is 1.84. The highest BCUT2D eigenvalue weighted by atomic mass is 32.1. The number of carbonyl (C=O) groups is 2. The van der Waals surface area contributed by atoms with E-state index in [9.17, 15) is 14.7 Å². The number of hydrogen-bond acceptors (Lipinski definition) is 3. The number of thiol groups is 1. The molecular weight excluding hydrogens is 351 g/mol. The minimum Gasteiger partial charge on any atom is -0.390 e. The van der Waals surface area contributed by atoms with Gasteiger partial charge in [0.25, 0.3) is 0 Å². The van der Waals surface area contributed by atoms with E-state index < -0.39 is 22.6 Å². The molecule has 142 valence electrons. The average Bonchev–Trinajstić information content (AvgIpc) is 2.89. The predicted octanol–water partition coefficient (Wildman–Crippen LogP) is 3.68. The molecule has 3 nitrogen and oxygen atoms in total. The van der Waals surface area contributed by atoms with Crippen molar-refractivity contribution in [1.29, 1.82) is 0 Å². The quantitative estimate of drug-likeness (QED) is 0.685. The van der Waals surface area contributed by atoms with Gasteiger partial charge in [-0.15, -0.1) is 12.6 Å². The Morgan fingerprint density at radius 1 is 1.31 bits per heavy atom. The molecule has 0 aromatic carbocycles. The molecule has 0 aliphatic heterocycles. The molecule has 26 heavy (non-hydrogen) atoms. The number of fused-ring (bicyclic) bond motifs is 5. The van der Waals surface area contributed by atoms with Crippen molar-refractivity contribution in [3.05, 3.63) is 23.8 Å². The van der Waals surface area contributed by atoms with Gasteiger partial charge in [-0.2, -0.15) is 0 Å². The van der Waals surface area contributed by atoms with Crippen LogP contribution in [-0.2, 0) is 9.59 Å². The first-order valence-corrected chi connectivity index (χ1v) is 10.1. The summed E-state index contributed by atoms with van der Waals surface area (Å²) in [7, 11) is 0. The van der Waals surface area contributed by atoms with E-state index in [0.717, 1.165) is 12.0 Å². The van der Waals surface area contributed by atoms with E-state index in [2.05, 4.69) is 12.6 Å². The Morgan fingerprint density at radius 3 is 2.65 bits per heavy atom. The number of alkyl halides is 1. The van der Waals surface area contributed by atoms with Crippen LogP contribution >= 0.6 is 12.6 Å². The number of carbonyl (C=O) groups excluding carboxylic acids is 2. The smallest absolute Gasteiger partial charge is 0.189 e. The van der Waals surface area contributed by atoms with Gasteiger partial charge in [-0.3, -0.25) is 9.59 Å². The molecule has 0 heterocycles. The summed E-state index contributed by atoms with van der Waals surface area (Å²) < 4.78 is 16.8. The third kappa shape index (κ3) is 2.05. The first-order valence-electron chi connectivity index (χ1n) is 9.60. The standard InChI is InChI=1S/C21H27FO3S/c1-11-8-16-13-4-5-14(18(25)26)19(13,2)10-17(24)21(16,22)20(3)7-6-12(23)9-15(11)20/h6-7,9,11,13-14,16-17,24H,4-5,8,10H2,1-3H3,(H,25,26)/t11-,13?,14?,16?,17?,19?,20-,21-/m0/s1. The van der Waals surface area contributed by atoms with Crippen LogP contribution in [0.15, 0.2) is 23.8 Å². The lowest BCUT2D eigenvalue weighted by Gasteiger charge is -2.63. The summed E-state index contributed by atoms with van der Waals surface area (Å²) >= 11 is 4.08. The van der Waals surface area contributed by atoms with E-state index in [1.807, 2.05) is 20.8 Å². The Kier molecular flexibility index (Phi) is 3.93. The molecular formula is C21H27FO3S. The van der Waals surface area contributed by atoms with Gasteiger partial charge in [0, 0.05) is 17.3 Å². The van der Waals surface area contributed by atoms with Crippen LogP contribution in [0.1, 0.15) is 46.5 Å². The van der Waals surface area contributed by atoms with Crippen LogP contribution in [0.3, 0.4) is 0 Å². The number of allylic oxidation sites excluding steroid dienone is 4. The molecule has 4 aliphatic rings. The molecule has 8 atom stereocenters. The number of rotatable bonds is 1. The van der Waals surface area contributed by atoms with Crippen molar-refractivity contribution in [1.82, 2.24) is 0 Å². The molecule has 3 fully saturated rings. The van der Waals surface area contributed by atoms with Gasteiger partial charge in [0.1, 0.15) is 0 Å². The number of ketones is 1. The van der Waals surface area contributed by atoms with Gasteiger partial charge in [-0.05, 0) is 62.0 Å². The number of aliphatic hydroxyl groups is 1. The minimum atomic E-state index is -1.82. The van der Waals surface area contributed by atoms with Crippen molar-refractivity contribution in [2.45, 2.75) is 58.2 Å². The van der Waals surface area contributed by atoms with Crippen LogP contribution in [-0.4, -0.2) is 27.8 Å². The molecule has 0 saturated heterocycles. The van der Waals surface area contributed by atoms with Crippen molar-refractivity contribution in [3.63, 3.8) is 0 Å². The zero-order valence-electron chi connectivity index (χ0n) is 15.5. The number of halogens is 1. The summed E-state index contributed by atoms with van der Waals surface area (Å²) in [6, 6.07) is 0. The molecule has 1 N–H and O–H groups in total. The molecule has 0 spiro atoms. The molecule has 0 amide bonds. The second-order valence-electron chi connectivity index (χ2n) is 9.35. The molecule has 5 heteroatoms. The lowest BCUT2D eigenvalue weighted by Crippen LogP contribution is -2.67. The van der Waals surface area contributed by atoms with Crippen LogP contribution in [0.2, 0.25) is 0 Å². The number of hydrogen-bond donors (Lipinski definition) is 2. The normalized spacial score (nSPS) is 52.8. The fourth-order valence-electron chi connectivity index (χ4n) is 7.00. The van der Waals surface area contributed by atoms with Gasteiger partial charge in [-0.1, -0.05) is 25.5 Å². The van der Waals surface area contributed by atoms with Gasteiger partial charge in [0.2, 0.25) is 0 Å². The maximum atomic E-state index is 16.8. The predicted molar refractivity (Wildman–Crippen MR) is 100 cm³/mol. The minimum absolute atomic E-state index is 0.0452. The van der Waals surface area contributed by atoms with Crippen molar-refractivity contribution in [2.24, 2.45) is 34.5 Å². The Hall–Kier alpha value is -0.940. The highest BCUT2D eigenvalue weighted by Gasteiger charge is 2.71. The van der Waals surface area contributed by atoms with E-state index in [0.29, 0.717) is 12.8 Å². The summed E-state index contributed by atoms with van der Waals surface area (Å²) in [5.41, 5.74) is -2.41. The molecule has 0 aromatic rings. The van der Waals surface area contributed by atoms with Crippen LogP contribution in [0.25, 0.3) is 0 Å². The molecule has 0 bridgehead atoms. The van der Waals surface area contributed by atoms with Gasteiger partial charge >= 0.3 is 0 Å². The summed E-state index contributed by atoms with van der Waals surface area (Å²) in [6.07, 6.45) is 5.89. The highest BCUT2D eigenvalue weighted by Crippen LogP contribution is 2.69. The lowest BCUT2D eigenvalue weighted by molar-refractivity contribution is -0.199. The first kappa shape index (κ1) is 18.4. The average molecular weight is 379 g/mol. The van der Waals surface area contributed by atoms with Crippen LogP contribution in [0.4, 0.5) is 4.39 Å². The summed E-state index contributed by atoms with van der Waals surface area (Å²) in [5, 5.41) is 10.9. The zero-order valence-corrected chi connectivity index (χ0v) is 16.4. The van der Waals surface area contributed by atoms with E-state index in [1.165, 1.54) is 6.08 Å². The largest absolute Gasteiger partial charge is 0.390 e. The topological polar surface area (TPSA) is 54.4 Å². The van der Waals surface area contributed by atoms with Crippen molar-refractivity contribution >= 4 is 23.5 Å². The second-order valence-corrected chi connectivity index (χ2v) is 9.79. The van der Waals surface area contributed by atoms with E-state index >= 15 is 4.39 Å². The van der Waals surface area contributed by atoms with Crippen LogP contribution < -0.4 is 0 Å². The summed E-state index contributed by atoms with van der Waals surface area (Å²) in [5.74, 6) is -0.544. The zero-order chi connectivity index (χ0) is 19.1.